The molecule has 1 aliphatic heterocycles. The molecule has 1 aromatic carbocycles. The fraction of sp³-hybridized carbons (Fsp3) is 0.600. The Morgan fingerprint density at radius 2 is 2.06 bits per heavy atom. The van der Waals surface area contributed by atoms with Crippen molar-refractivity contribution in [2.45, 2.75) is 26.7 Å². The Morgan fingerprint density at radius 3 is 2.67 bits per heavy atom. The minimum Gasteiger partial charge on any atom is -0.399 e. The van der Waals surface area contributed by atoms with E-state index in [2.05, 4.69) is 36.2 Å². The van der Waals surface area contributed by atoms with Gasteiger partial charge in [0.25, 0.3) is 0 Å². The third kappa shape index (κ3) is 3.39. The van der Waals surface area contributed by atoms with Crippen molar-refractivity contribution < 1.29 is 0 Å². The van der Waals surface area contributed by atoms with Crippen LogP contribution >= 0.6 is 0 Å². The van der Waals surface area contributed by atoms with Crippen LogP contribution in [0.2, 0.25) is 0 Å². The van der Waals surface area contributed by atoms with Gasteiger partial charge in [-0.1, -0.05) is 6.92 Å². The highest BCUT2D eigenvalue weighted by atomic mass is 15.1. The molecule has 0 atom stereocenters. The predicted octanol–water partition coefficient (Wildman–Crippen LogP) is 2.72. The summed E-state index contributed by atoms with van der Waals surface area (Å²) in [5, 5.41) is 3.54. The summed E-state index contributed by atoms with van der Waals surface area (Å²) in [6.45, 7) is 9.08. The molecule has 0 unspecified atom stereocenters. The van der Waals surface area contributed by atoms with E-state index in [-0.39, 0.29) is 0 Å². The molecule has 0 aromatic heterocycles. The second-order valence-electron chi connectivity index (χ2n) is 5.33. The maximum atomic E-state index is 5.82. The fourth-order valence-electron chi connectivity index (χ4n) is 2.55. The highest BCUT2D eigenvalue weighted by molar-refractivity contribution is 5.56. The second kappa shape index (κ2) is 6.10. The van der Waals surface area contributed by atoms with Crippen LogP contribution in [0.3, 0.4) is 0 Å². The first-order valence-corrected chi connectivity index (χ1v) is 7.01. The van der Waals surface area contributed by atoms with Crippen molar-refractivity contribution in [3.05, 3.63) is 23.8 Å². The third-order valence-electron chi connectivity index (χ3n) is 4.02. The number of likely N-dealkylation sites (tertiary alicyclic amines) is 1. The summed E-state index contributed by atoms with van der Waals surface area (Å²) in [5.74, 6) is 0.811. The number of piperidine rings is 1. The molecular formula is C15H25N3. The zero-order valence-electron chi connectivity index (χ0n) is 11.6. The molecule has 1 heterocycles. The first-order valence-electron chi connectivity index (χ1n) is 7.01. The highest BCUT2D eigenvalue weighted by Gasteiger charge is 2.17. The lowest BCUT2D eigenvalue weighted by atomic mass is 9.96. The number of nitrogens with one attached hydrogen (secondary N) is 1. The van der Waals surface area contributed by atoms with Crippen LogP contribution in [0, 0.1) is 12.8 Å². The van der Waals surface area contributed by atoms with E-state index in [1.165, 1.54) is 38.2 Å². The van der Waals surface area contributed by atoms with Crippen molar-refractivity contribution in [1.82, 2.24) is 4.90 Å². The van der Waals surface area contributed by atoms with Gasteiger partial charge in [-0.2, -0.15) is 0 Å². The number of rotatable bonds is 4. The maximum Gasteiger partial charge on any atom is 0.0345 e. The van der Waals surface area contributed by atoms with Crippen molar-refractivity contribution in [2.75, 3.05) is 37.2 Å². The van der Waals surface area contributed by atoms with E-state index in [1.807, 2.05) is 6.07 Å². The maximum absolute atomic E-state index is 5.82. The lowest BCUT2D eigenvalue weighted by Gasteiger charge is -2.31. The zero-order chi connectivity index (χ0) is 13.0. The summed E-state index contributed by atoms with van der Waals surface area (Å²) < 4.78 is 0. The van der Waals surface area contributed by atoms with E-state index >= 15 is 0 Å². The summed E-state index contributed by atoms with van der Waals surface area (Å²) in [4.78, 5) is 2.53. The smallest absolute Gasteiger partial charge is 0.0345 e. The van der Waals surface area contributed by atoms with Gasteiger partial charge < -0.3 is 16.0 Å². The average molecular weight is 247 g/mol. The van der Waals surface area contributed by atoms with Gasteiger partial charge in [0.1, 0.15) is 0 Å². The quantitative estimate of drug-likeness (QED) is 0.804. The third-order valence-corrected chi connectivity index (χ3v) is 4.02. The summed E-state index contributed by atoms with van der Waals surface area (Å²) in [6, 6.07) is 6.19. The van der Waals surface area contributed by atoms with Gasteiger partial charge >= 0.3 is 0 Å². The number of benzene rings is 1. The molecule has 0 aliphatic carbocycles. The molecule has 0 bridgehead atoms. The Balaban J connectivity index is 1.79. The molecule has 0 saturated carbocycles. The van der Waals surface area contributed by atoms with E-state index in [0.29, 0.717) is 0 Å². The largest absolute Gasteiger partial charge is 0.399 e. The van der Waals surface area contributed by atoms with Crippen molar-refractivity contribution >= 4 is 11.4 Å². The minimum absolute atomic E-state index is 0.811. The molecule has 0 spiro atoms. The molecule has 1 aromatic rings. The number of nitrogen functional groups attached to an aromatic ring is 1. The Kier molecular flexibility index (Phi) is 4.48. The molecule has 3 N–H and O–H groups in total. The van der Waals surface area contributed by atoms with Gasteiger partial charge in [0.2, 0.25) is 0 Å². The number of nitrogens with two attached hydrogens (primary N) is 1. The molecule has 18 heavy (non-hydrogen) atoms. The van der Waals surface area contributed by atoms with E-state index in [1.54, 1.807) is 0 Å². The molecule has 3 nitrogen and oxygen atoms in total. The standard InChI is InChI=1S/C15H25N3/c1-3-18-8-6-13(7-9-18)11-17-14-4-5-15(16)12(2)10-14/h4-5,10,13,17H,3,6-9,11,16H2,1-2H3. The first-order chi connectivity index (χ1) is 8.69. The minimum atomic E-state index is 0.811. The summed E-state index contributed by atoms with van der Waals surface area (Å²) in [5.41, 5.74) is 9.04. The molecule has 0 radical (unpaired) electrons. The SMILES string of the molecule is CCN1CCC(CNc2ccc(N)c(C)c2)CC1. The monoisotopic (exact) mass is 247 g/mol. The average Bonchev–Trinajstić information content (AvgIpc) is 2.41. The normalized spacial score (nSPS) is 17.9. The number of anilines is 2. The fourth-order valence-corrected chi connectivity index (χ4v) is 2.55. The molecule has 1 fully saturated rings. The number of nitrogens with zero attached hydrogens (tertiary/aromatic N) is 1. The summed E-state index contributed by atoms with van der Waals surface area (Å²) >= 11 is 0. The van der Waals surface area contributed by atoms with Crippen LogP contribution in [0.1, 0.15) is 25.3 Å². The summed E-state index contributed by atoms with van der Waals surface area (Å²) in [6.07, 6.45) is 2.63. The second-order valence-corrected chi connectivity index (χ2v) is 5.33. The van der Waals surface area contributed by atoms with Crippen LogP contribution in [-0.4, -0.2) is 31.1 Å². The lowest BCUT2D eigenvalue weighted by Crippen LogP contribution is -2.35. The number of hydrogen-bond donors (Lipinski definition) is 2. The van der Waals surface area contributed by atoms with Crippen LogP contribution in [0.25, 0.3) is 0 Å². The predicted molar refractivity (Wildman–Crippen MR) is 78.9 cm³/mol. The van der Waals surface area contributed by atoms with Crippen LogP contribution in [0.5, 0.6) is 0 Å². The van der Waals surface area contributed by atoms with E-state index < -0.39 is 0 Å². The Labute approximate surface area is 110 Å². The van der Waals surface area contributed by atoms with Gasteiger partial charge in [-0.05, 0) is 69.1 Å². The van der Waals surface area contributed by atoms with Crippen LogP contribution in [-0.2, 0) is 0 Å². The summed E-state index contributed by atoms with van der Waals surface area (Å²) in [7, 11) is 0. The molecule has 1 saturated heterocycles. The van der Waals surface area contributed by atoms with E-state index in [9.17, 15) is 0 Å². The van der Waals surface area contributed by atoms with Crippen LogP contribution < -0.4 is 11.1 Å². The van der Waals surface area contributed by atoms with Crippen molar-refractivity contribution in [3.63, 3.8) is 0 Å². The molecule has 3 heteroatoms. The van der Waals surface area contributed by atoms with Gasteiger partial charge in [-0.15, -0.1) is 0 Å². The molecule has 1 aliphatic rings. The van der Waals surface area contributed by atoms with Crippen LogP contribution in [0.15, 0.2) is 18.2 Å². The molecule has 2 rings (SSSR count). The van der Waals surface area contributed by atoms with Gasteiger partial charge in [0.15, 0.2) is 0 Å². The number of aryl methyl sites for hydroxylation is 1. The van der Waals surface area contributed by atoms with Crippen LogP contribution in [0.4, 0.5) is 11.4 Å². The van der Waals surface area contributed by atoms with Gasteiger partial charge in [-0.25, -0.2) is 0 Å². The first kappa shape index (κ1) is 13.2. The molecule has 100 valence electrons. The zero-order valence-corrected chi connectivity index (χ0v) is 11.6. The van der Waals surface area contributed by atoms with Gasteiger partial charge in [0.05, 0.1) is 0 Å². The Bertz CT molecular complexity index is 381. The number of hydrogen-bond acceptors (Lipinski definition) is 3. The van der Waals surface area contributed by atoms with Gasteiger partial charge in [0, 0.05) is 17.9 Å². The lowest BCUT2D eigenvalue weighted by molar-refractivity contribution is 0.198. The van der Waals surface area contributed by atoms with Crippen molar-refractivity contribution in [1.29, 1.82) is 0 Å². The highest BCUT2D eigenvalue weighted by Crippen LogP contribution is 2.20. The van der Waals surface area contributed by atoms with E-state index in [0.717, 1.165) is 23.7 Å². The Morgan fingerprint density at radius 1 is 1.33 bits per heavy atom. The Hall–Kier alpha value is -1.22. The van der Waals surface area contributed by atoms with Gasteiger partial charge in [-0.3, -0.25) is 0 Å². The van der Waals surface area contributed by atoms with Crippen molar-refractivity contribution in [3.8, 4) is 0 Å². The topological polar surface area (TPSA) is 41.3 Å². The van der Waals surface area contributed by atoms with E-state index in [4.69, 9.17) is 5.73 Å². The van der Waals surface area contributed by atoms with Crippen molar-refractivity contribution in [2.24, 2.45) is 5.92 Å². The molecule has 0 amide bonds. The molecular weight excluding hydrogens is 222 g/mol.